The molecule has 0 fully saturated rings. The van der Waals surface area contributed by atoms with Gasteiger partial charge in [0.25, 0.3) is 0 Å². The maximum Gasteiger partial charge on any atom is 0.195 e. The van der Waals surface area contributed by atoms with Crippen molar-refractivity contribution < 1.29 is 4.79 Å². The quantitative estimate of drug-likeness (QED) is 0.431. The van der Waals surface area contributed by atoms with Crippen molar-refractivity contribution in [2.75, 3.05) is 0 Å². The molecule has 0 heterocycles. The fraction of sp³-hybridized carbons (Fsp3) is 0.0556. The first-order valence-electron chi connectivity index (χ1n) is 6.68. The van der Waals surface area contributed by atoms with Gasteiger partial charge in [0.1, 0.15) is 0 Å². The Balaban J connectivity index is 2.05. The zero-order valence-electron chi connectivity index (χ0n) is 11.0. The van der Waals surface area contributed by atoms with E-state index in [-0.39, 0.29) is 5.78 Å². The predicted molar refractivity (Wildman–Crippen MR) is 86.6 cm³/mol. The molecule has 0 saturated heterocycles. The average Bonchev–Trinajstić information content (AvgIpc) is 2.46. The van der Waals surface area contributed by atoms with Crippen LogP contribution in [0.15, 0.2) is 48.5 Å². The van der Waals surface area contributed by atoms with Crippen molar-refractivity contribution in [3.05, 3.63) is 80.8 Å². The Morgan fingerprint density at radius 1 is 0.857 bits per heavy atom. The lowest BCUT2D eigenvalue weighted by atomic mass is 9.82. The van der Waals surface area contributed by atoms with Crippen LogP contribution in [0.1, 0.15) is 27.0 Å². The molecule has 0 N–H and O–H groups in total. The van der Waals surface area contributed by atoms with Crippen LogP contribution in [-0.4, -0.2) is 5.78 Å². The van der Waals surface area contributed by atoms with Gasteiger partial charge in [0.15, 0.2) is 5.78 Å². The molecule has 0 atom stereocenters. The molecule has 3 aromatic carbocycles. The van der Waals surface area contributed by atoms with Crippen LogP contribution in [0, 0.1) is 0 Å². The molecular formula is C18H10Cl2O. The first-order valence-corrected chi connectivity index (χ1v) is 7.44. The molecule has 3 heteroatoms. The summed E-state index contributed by atoms with van der Waals surface area (Å²) >= 11 is 12.3. The highest BCUT2D eigenvalue weighted by atomic mass is 35.5. The van der Waals surface area contributed by atoms with Crippen molar-refractivity contribution in [1.82, 2.24) is 0 Å². The van der Waals surface area contributed by atoms with Gasteiger partial charge in [0, 0.05) is 16.1 Å². The molecule has 4 rings (SSSR count). The molecule has 1 aliphatic rings. The minimum atomic E-state index is 0.00442. The van der Waals surface area contributed by atoms with Crippen molar-refractivity contribution >= 4 is 39.8 Å². The summed E-state index contributed by atoms with van der Waals surface area (Å²) in [4.78, 5) is 12.9. The van der Waals surface area contributed by atoms with E-state index in [9.17, 15) is 4.79 Å². The monoisotopic (exact) mass is 312 g/mol. The van der Waals surface area contributed by atoms with E-state index in [1.807, 2.05) is 42.5 Å². The van der Waals surface area contributed by atoms with Gasteiger partial charge >= 0.3 is 0 Å². The van der Waals surface area contributed by atoms with Crippen LogP contribution in [0.2, 0.25) is 10.0 Å². The van der Waals surface area contributed by atoms with Gasteiger partial charge in [-0.15, -0.1) is 0 Å². The molecule has 3 aromatic rings. The molecule has 0 saturated carbocycles. The van der Waals surface area contributed by atoms with Gasteiger partial charge in [0.2, 0.25) is 0 Å². The summed E-state index contributed by atoms with van der Waals surface area (Å²) in [6.45, 7) is 0. The van der Waals surface area contributed by atoms with Crippen LogP contribution in [0.4, 0.5) is 0 Å². The predicted octanol–water partition coefficient (Wildman–Crippen LogP) is 5.28. The van der Waals surface area contributed by atoms with E-state index >= 15 is 0 Å². The third-order valence-electron chi connectivity index (χ3n) is 4.00. The van der Waals surface area contributed by atoms with Gasteiger partial charge in [-0.3, -0.25) is 4.79 Å². The number of carbonyl (C=O) groups is 1. The molecular weight excluding hydrogens is 303 g/mol. The highest BCUT2D eigenvalue weighted by molar-refractivity contribution is 6.36. The molecule has 1 aliphatic carbocycles. The van der Waals surface area contributed by atoms with E-state index in [0.29, 0.717) is 15.6 Å². The lowest BCUT2D eigenvalue weighted by Gasteiger charge is -2.21. The largest absolute Gasteiger partial charge is 0.289 e. The van der Waals surface area contributed by atoms with Crippen molar-refractivity contribution in [3.8, 4) is 0 Å². The molecule has 0 bridgehead atoms. The summed E-state index contributed by atoms with van der Waals surface area (Å²) in [7, 11) is 0. The zero-order chi connectivity index (χ0) is 14.6. The van der Waals surface area contributed by atoms with Crippen LogP contribution >= 0.6 is 23.2 Å². The van der Waals surface area contributed by atoms with Gasteiger partial charge in [-0.25, -0.2) is 0 Å². The van der Waals surface area contributed by atoms with E-state index in [4.69, 9.17) is 23.2 Å². The van der Waals surface area contributed by atoms with Crippen LogP contribution < -0.4 is 0 Å². The molecule has 21 heavy (non-hydrogen) atoms. The van der Waals surface area contributed by atoms with E-state index in [2.05, 4.69) is 0 Å². The average molecular weight is 313 g/mol. The first kappa shape index (κ1) is 12.9. The van der Waals surface area contributed by atoms with Gasteiger partial charge < -0.3 is 0 Å². The number of carbonyl (C=O) groups excluding carboxylic acids is 1. The van der Waals surface area contributed by atoms with E-state index < -0.39 is 0 Å². The van der Waals surface area contributed by atoms with Crippen molar-refractivity contribution in [2.24, 2.45) is 0 Å². The summed E-state index contributed by atoms with van der Waals surface area (Å²) < 4.78 is 0. The smallest absolute Gasteiger partial charge is 0.195 e. The summed E-state index contributed by atoms with van der Waals surface area (Å²) in [6, 6.07) is 15.3. The first-order chi connectivity index (χ1) is 10.1. The lowest BCUT2D eigenvalue weighted by Crippen LogP contribution is -2.16. The molecule has 0 aliphatic heterocycles. The van der Waals surface area contributed by atoms with Gasteiger partial charge in [-0.1, -0.05) is 53.5 Å². The fourth-order valence-corrected chi connectivity index (χ4v) is 3.52. The van der Waals surface area contributed by atoms with E-state index in [1.165, 1.54) is 0 Å². The highest BCUT2D eigenvalue weighted by Gasteiger charge is 2.26. The molecule has 0 radical (unpaired) electrons. The number of fused-ring (bicyclic) bond motifs is 4. The normalized spacial score (nSPS) is 13.1. The summed E-state index contributed by atoms with van der Waals surface area (Å²) in [5, 5.41) is 3.11. The maximum atomic E-state index is 12.9. The molecule has 1 nitrogen and oxygen atoms in total. The third kappa shape index (κ3) is 1.89. The number of hydrogen-bond acceptors (Lipinski definition) is 1. The van der Waals surface area contributed by atoms with Crippen molar-refractivity contribution in [3.63, 3.8) is 0 Å². The van der Waals surface area contributed by atoms with Crippen molar-refractivity contribution in [2.45, 2.75) is 6.42 Å². The molecule has 102 valence electrons. The number of hydrogen-bond donors (Lipinski definition) is 0. The van der Waals surface area contributed by atoms with Crippen LogP contribution in [-0.2, 0) is 6.42 Å². The van der Waals surface area contributed by atoms with Crippen LogP contribution in [0.3, 0.4) is 0 Å². The minimum absolute atomic E-state index is 0.00442. The number of benzene rings is 3. The Hall–Kier alpha value is -1.83. The standard InChI is InChI=1S/C18H10Cl2O/c19-13-6-7-14-10(9-13)4-5-12-8-11-2-1-3-15(20)17(11)18(21)16(12)14/h1-7,9H,8H2. The fourth-order valence-electron chi connectivity index (χ4n) is 3.06. The Morgan fingerprint density at radius 3 is 2.52 bits per heavy atom. The van der Waals surface area contributed by atoms with Gasteiger partial charge in [0.05, 0.1) is 5.02 Å². The molecule has 0 unspecified atom stereocenters. The molecule has 0 spiro atoms. The third-order valence-corrected chi connectivity index (χ3v) is 4.55. The Labute approximate surface area is 132 Å². The maximum absolute atomic E-state index is 12.9. The lowest BCUT2D eigenvalue weighted by molar-refractivity contribution is 0.103. The number of ketones is 1. The summed E-state index contributed by atoms with van der Waals surface area (Å²) in [6.07, 6.45) is 0.732. The van der Waals surface area contributed by atoms with Crippen LogP contribution in [0.25, 0.3) is 10.8 Å². The topological polar surface area (TPSA) is 17.1 Å². The second kappa shape index (κ2) is 4.59. The van der Waals surface area contributed by atoms with Gasteiger partial charge in [-0.05, 0) is 46.5 Å². The summed E-state index contributed by atoms with van der Waals surface area (Å²) in [5.74, 6) is 0.00442. The van der Waals surface area contributed by atoms with Gasteiger partial charge in [-0.2, -0.15) is 0 Å². The second-order valence-corrected chi connectivity index (χ2v) is 6.09. The minimum Gasteiger partial charge on any atom is -0.289 e. The molecule has 0 aromatic heterocycles. The number of halogens is 2. The Morgan fingerprint density at radius 2 is 1.67 bits per heavy atom. The zero-order valence-corrected chi connectivity index (χ0v) is 12.5. The Bertz CT molecular complexity index is 912. The van der Waals surface area contributed by atoms with Crippen LogP contribution in [0.5, 0.6) is 0 Å². The van der Waals surface area contributed by atoms with E-state index in [0.717, 1.165) is 33.9 Å². The SMILES string of the molecule is O=C1c2c(Cl)cccc2Cc2ccc3cc(Cl)ccc3c21. The number of rotatable bonds is 0. The van der Waals surface area contributed by atoms with Crippen molar-refractivity contribution in [1.29, 1.82) is 0 Å². The highest BCUT2D eigenvalue weighted by Crippen LogP contribution is 2.35. The molecule has 0 amide bonds. The second-order valence-electron chi connectivity index (χ2n) is 5.25. The van der Waals surface area contributed by atoms with E-state index in [1.54, 1.807) is 6.07 Å². The summed E-state index contributed by atoms with van der Waals surface area (Å²) in [5.41, 5.74) is 3.43. The Kier molecular flexibility index (Phi) is 2.81.